The Morgan fingerprint density at radius 1 is 1.24 bits per heavy atom. The minimum absolute atomic E-state index is 0.567. The van der Waals surface area contributed by atoms with Crippen LogP contribution in [0.15, 0.2) is 35.1 Å². The molecule has 1 fully saturated rings. The molecule has 1 aliphatic carbocycles. The van der Waals surface area contributed by atoms with Crippen LogP contribution < -0.4 is 10.1 Å². The molecule has 0 unspecified atom stereocenters. The molecule has 1 aliphatic rings. The minimum atomic E-state index is 0.567. The Hall–Kier alpha value is -1.49. The molecule has 1 heterocycles. The van der Waals surface area contributed by atoms with Gasteiger partial charge in [-0.15, -0.1) is 0 Å². The fourth-order valence-corrected chi connectivity index (χ4v) is 3.42. The van der Waals surface area contributed by atoms with Gasteiger partial charge in [-0.05, 0) is 25.0 Å². The Kier molecular flexibility index (Phi) is 4.48. The van der Waals surface area contributed by atoms with Gasteiger partial charge < -0.3 is 14.6 Å². The van der Waals surface area contributed by atoms with E-state index in [4.69, 9.17) is 4.74 Å². The number of imidazole rings is 1. The summed E-state index contributed by atoms with van der Waals surface area (Å²) in [7, 11) is 1.68. The van der Waals surface area contributed by atoms with Crippen molar-refractivity contribution in [3.63, 3.8) is 0 Å². The molecule has 0 saturated heterocycles. The maximum atomic E-state index is 5.30. The number of hydrogen-bond acceptors (Lipinski definition) is 3. The molecule has 1 aromatic heterocycles. The molecular formula is C16H20BrN3O. The largest absolute Gasteiger partial charge is 0.497 e. The van der Waals surface area contributed by atoms with E-state index < -0.39 is 0 Å². The maximum Gasteiger partial charge on any atom is 0.207 e. The summed E-state index contributed by atoms with van der Waals surface area (Å²) in [5.74, 6) is 1.73. The summed E-state index contributed by atoms with van der Waals surface area (Å²) in [6.45, 7) is 0. The van der Waals surface area contributed by atoms with E-state index >= 15 is 0 Å². The zero-order valence-electron chi connectivity index (χ0n) is 12.2. The molecule has 4 nitrogen and oxygen atoms in total. The molecule has 1 N–H and O–H groups in total. The normalized spacial score (nSPS) is 15.9. The first kappa shape index (κ1) is 14.4. The van der Waals surface area contributed by atoms with E-state index in [1.54, 1.807) is 7.11 Å². The number of nitrogens with zero attached hydrogens (tertiary/aromatic N) is 2. The lowest BCUT2D eigenvalue weighted by molar-refractivity contribution is 0.356. The third kappa shape index (κ3) is 3.40. The molecule has 1 aromatic carbocycles. The summed E-state index contributed by atoms with van der Waals surface area (Å²) in [6.07, 6.45) is 10.4. The highest BCUT2D eigenvalue weighted by atomic mass is 79.9. The standard InChI is InChI=1S/C16H20BrN3O/c1-21-15-10-12(17)9-13(11-15)19-16-18-7-8-20(16)14-5-3-2-4-6-14/h7-11,14H,2-6H2,1H3,(H,18,19). The van der Waals surface area contributed by atoms with Crippen molar-refractivity contribution >= 4 is 27.6 Å². The second kappa shape index (κ2) is 6.52. The Morgan fingerprint density at radius 2 is 2.05 bits per heavy atom. The van der Waals surface area contributed by atoms with Crippen molar-refractivity contribution in [2.24, 2.45) is 0 Å². The van der Waals surface area contributed by atoms with E-state index in [1.165, 1.54) is 32.1 Å². The molecule has 0 aliphatic heterocycles. The highest BCUT2D eigenvalue weighted by Gasteiger charge is 2.17. The van der Waals surface area contributed by atoms with E-state index in [0.29, 0.717) is 6.04 Å². The fraction of sp³-hybridized carbons (Fsp3) is 0.438. The summed E-state index contributed by atoms with van der Waals surface area (Å²) in [4.78, 5) is 4.47. The van der Waals surface area contributed by atoms with E-state index in [9.17, 15) is 0 Å². The Labute approximate surface area is 133 Å². The molecule has 0 atom stereocenters. The molecule has 112 valence electrons. The van der Waals surface area contributed by atoms with Crippen molar-refractivity contribution in [1.29, 1.82) is 0 Å². The Morgan fingerprint density at radius 3 is 2.81 bits per heavy atom. The summed E-state index contributed by atoms with van der Waals surface area (Å²) in [5.41, 5.74) is 0.976. The van der Waals surface area contributed by atoms with Crippen LogP contribution in [0.2, 0.25) is 0 Å². The van der Waals surface area contributed by atoms with Crippen LogP contribution in [-0.2, 0) is 0 Å². The van der Waals surface area contributed by atoms with E-state index in [0.717, 1.165) is 21.9 Å². The molecule has 0 spiro atoms. The Balaban J connectivity index is 1.82. The third-order valence-corrected chi connectivity index (χ3v) is 4.46. The first-order valence-electron chi connectivity index (χ1n) is 7.41. The van der Waals surface area contributed by atoms with E-state index in [-0.39, 0.29) is 0 Å². The number of halogens is 1. The molecule has 2 aromatic rings. The zero-order chi connectivity index (χ0) is 14.7. The number of rotatable bonds is 4. The topological polar surface area (TPSA) is 39.1 Å². The molecular weight excluding hydrogens is 330 g/mol. The number of benzene rings is 1. The second-order valence-electron chi connectivity index (χ2n) is 5.45. The first-order valence-corrected chi connectivity index (χ1v) is 8.20. The van der Waals surface area contributed by atoms with Crippen LogP contribution in [0.4, 0.5) is 11.6 Å². The van der Waals surface area contributed by atoms with Crippen molar-refractivity contribution in [3.05, 3.63) is 35.1 Å². The number of methoxy groups -OCH3 is 1. The van der Waals surface area contributed by atoms with Crippen LogP contribution in [-0.4, -0.2) is 16.7 Å². The smallest absolute Gasteiger partial charge is 0.207 e. The molecule has 0 radical (unpaired) electrons. The fourth-order valence-electron chi connectivity index (χ4n) is 2.95. The van der Waals surface area contributed by atoms with Crippen molar-refractivity contribution in [3.8, 4) is 5.75 Å². The van der Waals surface area contributed by atoms with Crippen LogP contribution in [0, 0.1) is 0 Å². The van der Waals surface area contributed by atoms with Crippen molar-refractivity contribution in [2.45, 2.75) is 38.1 Å². The minimum Gasteiger partial charge on any atom is -0.497 e. The molecule has 5 heteroatoms. The van der Waals surface area contributed by atoms with Gasteiger partial charge in [0.05, 0.1) is 7.11 Å². The van der Waals surface area contributed by atoms with Gasteiger partial charge in [-0.25, -0.2) is 4.98 Å². The van der Waals surface area contributed by atoms with Gasteiger partial charge in [0, 0.05) is 34.7 Å². The number of hydrogen-bond donors (Lipinski definition) is 1. The van der Waals surface area contributed by atoms with Crippen LogP contribution in [0.1, 0.15) is 38.1 Å². The van der Waals surface area contributed by atoms with Crippen LogP contribution in [0.3, 0.4) is 0 Å². The SMILES string of the molecule is COc1cc(Br)cc(Nc2nccn2C2CCCCC2)c1. The van der Waals surface area contributed by atoms with Gasteiger partial charge in [0.25, 0.3) is 0 Å². The first-order chi connectivity index (χ1) is 10.3. The van der Waals surface area contributed by atoms with Crippen LogP contribution >= 0.6 is 15.9 Å². The average Bonchev–Trinajstić information content (AvgIpc) is 2.95. The summed E-state index contributed by atoms with van der Waals surface area (Å²) >= 11 is 3.51. The second-order valence-corrected chi connectivity index (χ2v) is 6.37. The number of anilines is 2. The lowest BCUT2D eigenvalue weighted by atomic mass is 9.95. The predicted molar refractivity (Wildman–Crippen MR) is 88.3 cm³/mol. The van der Waals surface area contributed by atoms with Crippen molar-refractivity contribution in [2.75, 3.05) is 12.4 Å². The van der Waals surface area contributed by atoms with Gasteiger partial charge >= 0.3 is 0 Å². The Bertz CT molecular complexity index is 605. The quantitative estimate of drug-likeness (QED) is 0.852. The molecule has 0 amide bonds. The monoisotopic (exact) mass is 349 g/mol. The maximum absolute atomic E-state index is 5.30. The predicted octanol–water partition coefficient (Wildman–Crippen LogP) is 4.90. The zero-order valence-corrected chi connectivity index (χ0v) is 13.8. The van der Waals surface area contributed by atoms with Crippen molar-refractivity contribution in [1.82, 2.24) is 9.55 Å². The van der Waals surface area contributed by atoms with Gasteiger partial charge in [0.2, 0.25) is 5.95 Å². The molecule has 1 saturated carbocycles. The highest BCUT2D eigenvalue weighted by Crippen LogP contribution is 2.32. The third-order valence-electron chi connectivity index (χ3n) is 4.00. The molecule has 21 heavy (non-hydrogen) atoms. The lowest BCUT2D eigenvalue weighted by Crippen LogP contribution is -2.14. The summed E-state index contributed by atoms with van der Waals surface area (Å²) in [5, 5.41) is 3.41. The van der Waals surface area contributed by atoms with Crippen LogP contribution in [0.5, 0.6) is 5.75 Å². The van der Waals surface area contributed by atoms with Crippen molar-refractivity contribution < 1.29 is 4.74 Å². The van der Waals surface area contributed by atoms with Gasteiger partial charge in [-0.2, -0.15) is 0 Å². The van der Waals surface area contributed by atoms with E-state index in [2.05, 4.69) is 37.0 Å². The summed E-state index contributed by atoms with van der Waals surface area (Å²) in [6, 6.07) is 6.52. The number of aromatic nitrogens is 2. The van der Waals surface area contributed by atoms with Gasteiger partial charge in [0.15, 0.2) is 0 Å². The number of nitrogens with one attached hydrogen (secondary N) is 1. The van der Waals surface area contributed by atoms with Gasteiger partial charge in [-0.1, -0.05) is 35.2 Å². The van der Waals surface area contributed by atoms with Gasteiger partial charge in [0.1, 0.15) is 5.75 Å². The van der Waals surface area contributed by atoms with E-state index in [1.807, 2.05) is 24.4 Å². The average molecular weight is 350 g/mol. The molecule has 3 rings (SSSR count). The van der Waals surface area contributed by atoms with Gasteiger partial charge in [-0.3, -0.25) is 0 Å². The van der Waals surface area contributed by atoms with Crippen LogP contribution in [0.25, 0.3) is 0 Å². The summed E-state index contributed by atoms with van der Waals surface area (Å²) < 4.78 is 8.56. The number of ether oxygens (including phenoxy) is 1. The molecule has 0 bridgehead atoms. The highest BCUT2D eigenvalue weighted by molar-refractivity contribution is 9.10. The lowest BCUT2D eigenvalue weighted by Gasteiger charge is -2.24.